The van der Waals surface area contributed by atoms with Gasteiger partial charge in [0, 0.05) is 19.5 Å². The van der Waals surface area contributed by atoms with Crippen molar-refractivity contribution in [1.29, 1.82) is 0 Å². The second kappa shape index (κ2) is 11.2. The molecule has 3 rings (SSSR count). The number of nitrogens with one attached hydrogen (secondary N) is 1. The maximum Gasteiger partial charge on any atom is 0.416 e. The van der Waals surface area contributed by atoms with Crippen molar-refractivity contribution in [2.45, 2.75) is 75.5 Å². The summed E-state index contributed by atoms with van der Waals surface area (Å²) < 4.78 is 91.7. The molecule has 0 radical (unpaired) electrons. The molecule has 6 nitrogen and oxygen atoms in total. The van der Waals surface area contributed by atoms with Crippen molar-refractivity contribution in [2.24, 2.45) is 0 Å². The lowest BCUT2D eigenvalue weighted by atomic mass is 9.54. The fourth-order valence-corrected chi connectivity index (χ4v) is 5.10. The fraction of sp³-hybridized carbons (Fsp3) is 0.517. The van der Waals surface area contributed by atoms with Gasteiger partial charge in [0.1, 0.15) is 11.1 Å². The Kier molecular flexibility index (Phi) is 8.79. The highest BCUT2D eigenvalue weighted by molar-refractivity contribution is 5.91. The number of hydrogen-bond donors (Lipinski definition) is 1. The van der Waals surface area contributed by atoms with Crippen molar-refractivity contribution in [1.82, 2.24) is 10.2 Å². The van der Waals surface area contributed by atoms with Crippen LogP contribution >= 0.6 is 0 Å². The maximum absolute atomic E-state index is 13.4. The molecule has 2 aromatic rings. The van der Waals surface area contributed by atoms with Gasteiger partial charge < -0.3 is 19.7 Å². The molecule has 0 bridgehead atoms. The number of alkyl carbamates (subject to hydrolysis) is 1. The first-order chi connectivity index (χ1) is 18.7. The van der Waals surface area contributed by atoms with Crippen LogP contribution in [0.15, 0.2) is 48.5 Å². The SMILES string of the molecule is CC(OCC1(c2ccccc2)CC(NC(=O)OC(C)(C)C)(C(=O)N(C)C)C1)c1cc(C(F)(F)F)cc(C(F)(F)F)c1. The summed E-state index contributed by atoms with van der Waals surface area (Å²) in [6.45, 7) is 6.25. The minimum absolute atomic E-state index is 0.0589. The number of carbonyl (C=O) groups excluding carboxylic acids is 2. The highest BCUT2D eigenvalue weighted by Crippen LogP contribution is 2.52. The van der Waals surface area contributed by atoms with Gasteiger partial charge in [0.15, 0.2) is 0 Å². The third-order valence-electron chi connectivity index (χ3n) is 6.91. The Morgan fingerprint density at radius 1 is 0.927 bits per heavy atom. The number of amides is 2. The first kappa shape index (κ1) is 32.2. The molecular weight excluding hydrogens is 554 g/mol. The summed E-state index contributed by atoms with van der Waals surface area (Å²) in [5.74, 6) is -0.393. The number of alkyl halides is 6. The normalized spacial score (nSPS) is 22.0. The van der Waals surface area contributed by atoms with Gasteiger partial charge in [0.25, 0.3) is 0 Å². The molecule has 1 fully saturated rings. The summed E-state index contributed by atoms with van der Waals surface area (Å²) in [6.07, 6.45) is -11.8. The molecule has 0 spiro atoms. The van der Waals surface area contributed by atoms with Crippen LogP contribution in [0.2, 0.25) is 0 Å². The highest BCUT2D eigenvalue weighted by Gasteiger charge is 2.61. The predicted molar refractivity (Wildman–Crippen MR) is 139 cm³/mol. The third kappa shape index (κ3) is 7.52. The molecule has 41 heavy (non-hydrogen) atoms. The Morgan fingerprint density at radius 2 is 1.44 bits per heavy atom. The van der Waals surface area contributed by atoms with Gasteiger partial charge in [0.05, 0.1) is 23.8 Å². The number of hydrogen-bond acceptors (Lipinski definition) is 4. The minimum atomic E-state index is -4.99. The second-order valence-corrected chi connectivity index (χ2v) is 11.7. The van der Waals surface area contributed by atoms with E-state index in [-0.39, 0.29) is 31.1 Å². The van der Waals surface area contributed by atoms with E-state index in [0.717, 1.165) is 5.56 Å². The molecule has 12 heteroatoms. The van der Waals surface area contributed by atoms with Gasteiger partial charge in [-0.1, -0.05) is 30.3 Å². The zero-order chi connectivity index (χ0) is 31.0. The molecule has 1 saturated carbocycles. The molecule has 226 valence electrons. The Balaban J connectivity index is 1.94. The Bertz CT molecular complexity index is 1210. The predicted octanol–water partition coefficient (Wildman–Crippen LogP) is 6.89. The van der Waals surface area contributed by atoms with Gasteiger partial charge in [-0.25, -0.2) is 4.79 Å². The van der Waals surface area contributed by atoms with Crippen LogP contribution < -0.4 is 5.32 Å². The van der Waals surface area contributed by atoms with E-state index >= 15 is 0 Å². The number of nitrogens with zero attached hydrogens (tertiary/aromatic N) is 1. The van der Waals surface area contributed by atoms with Crippen LogP contribution in [-0.2, 0) is 32.0 Å². The number of rotatable bonds is 7. The standard InChI is InChI=1S/C29H34F6N2O4/c1-18(19-12-21(28(30,31)32)14-22(13-19)29(33,34)35)40-17-26(20-10-8-7-9-11-20)15-27(16-26,23(38)37(5)6)36-24(39)41-25(2,3)4/h7-14,18H,15-17H2,1-6H3,(H,36,39). The van der Waals surface area contributed by atoms with E-state index in [1.807, 2.05) is 0 Å². The van der Waals surface area contributed by atoms with Crippen molar-refractivity contribution in [3.05, 3.63) is 70.8 Å². The van der Waals surface area contributed by atoms with Crippen molar-refractivity contribution in [2.75, 3.05) is 20.7 Å². The highest BCUT2D eigenvalue weighted by atomic mass is 19.4. The fourth-order valence-electron chi connectivity index (χ4n) is 5.10. The molecule has 0 saturated heterocycles. The van der Waals surface area contributed by atoms with Crippen LogP contribution in [0.4, 0.5) is 31.1 Å². The van der Waals surface area contributed by atoms with Crippen molar-refractivity contribution in [3.8, 4) is 0 Å². The molecule has 1 atom stereocenters. The van der Waals surface area contributed by atoms with Crippen molar-refractivity contribution in [3.63, 3.8) is 0 Å². The van der Waals surface area contributed by atoms with Gasteiger partial charge >= 0.3 is 18.4 Å². The van der Waals surface area contributed by atoms with Crippen molar-refractivity contribution < 1.29 is 45.4 Å². The summed E-state index contributed by atoms with van der Waals surface area (Å²) in [5.41, 5.74) is -5.50. The molecule has 0 aliphatic heterocycles. The summed E-state index contributed by atoms with van der Waals surface area (Å²) in [4.78, 5) is 27.3. The number of carbonyl (C=O) groups is 2. The van der Waals surface area contributed by atoms with E-state index in [1.54, 1.807) is 51.1 Å². The topological polar surface area (TPSA) is 67.9 Å². The van der Waals surface area contributed by atoms with E-state index in [4.69, 9.17) is 9.47 Å². The van der Waals surface area contributed by atoms with Gasteiger partial charge in [-0.3, -0.25) is 4.79 Å². The number of ether oxygens (including phenoxy) is 2. The lowest BCUT2D eigenvalue weighted by Crippen LogP contribution is -2.71. The zero-order valence-electron chi connectivity index (χ0n) is 23.7. The van der Waals surface area contributed by atoms with E-state index in [0.29, 0.717) is 12.1 Å². The first-order valence-corrected chi connectivity index (χ1v) is 12.9. The molecule has 2 aromatic carbocycles. The minimum Gasteiger partial charge on any atom is -0.444 e. The summed E-state index contributed by atoms with van der Waals surface area (Å²) >= 11 is 0. The molecule has 2 amide bonds. The quantitative estimate of drug-likeness (QED) is 0.358. The number of likely N-dealkylation sites (N-methyl/N-ethyl adjacent to an activating group) is 1. The summed E-state index contributed by atoms with van der Waals surface area (Å²) in [7, 11) is 3.07. The second-order valence-electron chi connectivity index (χ2n) is 11.7. The molecule has 1 N–H and O–H groups in total. The van der Waals surface area contributed by atoms with E-state index in [9.17, 15) is 35.9 Å². The Labute approximate surface area is 235 Å². The number of benzene rings is 2. The Morgan fingerprint density at radius 3 is 1.88 bits per heavy atom. The van der Waals surface area contributed by atoms with Gasteiger partial charge in [-0.05, 0) is 69.9 Å². The summed E-state index contributed by atoms with van der Waals surface area (Å²) in [5, 5.41) is 2.70. The first-order valence-electron chi connectivity index (χ1n) is 12.9. The Hall–Kier alpha value is -3.28. The van der Waals surface area contributed by atoms with Crippen LogP contribution in [0, 0.1) is 0 Å². The van der Waals surface area contributed by atoms with Crippen LogP contribution in [0.25, 0.3) is 0 Å². The lowest BCUT2D eigenvalue weighted by Gasteiger charge is -2.56. The smallest absolute Gasteiger partial charge is 0.416 e. The van der Waals surface area contributed by atoms with Crippen molar-refractivity contribution >= 4 is 12.0 Å². The summed E-state index contributed by atoms with van der Waals surface area (Å²) in [6, 6.07) is 10.2. The van der Waals surface area contributed by atoms with Crippen LogP contribution in [0.5, 0.6) is 0 Å². The maximum atomic E-state index is 13.4. The molecule has 1 unspecified atom stereocenters. The average molecular weight is 589 g/mol. The molecule has 0 heterocycles. The van der Waals surface area contributed by atoms with Crippen LogP contribution in [0.3, 0.4) is 0 Å². The van der Waals surface area contributed by atoms with Gasteiger partial charge in [0.2, 0.25) is 5.91 Å². The largest absolute Gasteiger partial charge is 0.444 e. The van der Waals surface area contributed by atoms with Crippen LogP contribution in [0.1, 0.15) is 68.9 Å². The van der Waals surface area contributed by atoms with E-state index in [2.05, 4.69) is 5.32 Å². The molecule has 1 aliphatic carbocycles. The van der Waals surface area contributed by atoms with Gasteiger partial charge in [-0.15, -0.1) is 0 Å². The monoisotopic (exact) mass is 588 g/mol. The lowest BCUT2D eigenvalue weighted by molar-refractivity contribution is -0.146. The van der Waals surface area contributed by atoms with E-state index < -0.39 is 58.1 Å². The molecular formula is C29H34F6N2O4. The van der Waals surface area contributed by atoms with Gasteiger partial charge in [-0.2, -0.15) is 26.3 Å². The van der Waals surface area contributed by atoms with Crippen LogP contribution in [-0.4, -0.2) is 48.7 Å². The third-order valence-corrected chi connectivity index (χ3v) is 6.91. The average Bonchev–Trinajstić information content (AvgIpc) is 2.82. The van der Waals surface area contributed by atoms with E-state index in [1.165, 1.54) is 25.9 Å². The number of halogens is 6. The molecule has 0 aromatic heterocycles. The molecule has 1 aliphatic rings. The zero-order valence-corrected chi connectivity index (χ0v) is 23.7.